The van der Waals surface area contributed by atoms with E-state index in [-0.39, 0.29) is 18.4 Å². The van der Waals surface area contributed by atoms with Gasteiger partial charge in [-0.2, -0.15) is 0 Å². The topological polar surface area (TPSA) is 82.2 Å². The number of nitrogens with one attached hydrogen (secondary N) is 2. The molecule has 1 unspecified atom stereocenters. The molecule has 2 aromatic rings. The summed E-state index contributed by atoms with van der Waals surface area (Å²) in [6.07, 6.45) is 3.08. The summed E-state index contributed by atoms with van der Waals surface area (Å²) in [6.45, 7) is 1.96. The summed E-state index contributed by atoms with van der Waals surface area (Å²) < 4.78 is 0. The van der Waals surface area contributed by atoms with Crippen LogP contribution < -0.4 is 5.32 Å². The summed E-state index contributed by atoms with van der Waals surface area (Å²) in [5, 5.41) is 12.5. The number of aromatic nitrogens is 1. The van der Waals surface area contributed by atoms with E-state index in [2.05, 4.69) is 10.3 Å². The molecule has 106 valence electrons. The Morgan fingerprint density at radius 3 is 2.80 bits per heavy atom. The van der Waals surface area contributed by atoms with Crippen LogP contribution in [0.3, 0.4) is 0 Å². The lowest BCUT2D eigenvalue weighted by atomic mass is 10.1. The van der Waals surface area contributed by atoms with Gasteiger partial charge in [-0.3, -0.25) is 9.59 Å². The first-order valence-corrected chi connectivity index (χ1v) is 6.70. The standard InChI is InChI=1S/C15H18N2O3/c1-2-5-10(8-14(18)19)17-15(20)12-9-16-13-7-4-3-6-11(12)13/h3-4,6-7,9-10,16H,2,5,8H2,1H3,(H,17,20)(H,18,19). The predicted octanol–water partition coefficient (Wildman–Crippen LogP) is 2.54. The molecule has 5 nitrogen and oxygen atoms in total. The van der Waals surface area contributed by atoms with E-state index in [0.29, 0.717) is 12.0 Å². The zero-order chi connectivity index (χ0) is 14.5. The molecule has 0 saturated carbocycles. The second-order valence-electron chi connectivity index (χ2n) is 4.80. The van der Waals surface area contributed by atoms with Crippen LogP contribution in [0.5, 0.6) is 0 Å². The highest BCUT2D eigenvalue weighted by Gasteiger charge is 2.18. The van der Waals surface area contributed by atoms with Crippen LogP contribution in [0.2, 0.25) is 0 Å². The first kappa shape index (κ1) is 14.1. The second kappa shape index (κ2) is 6.23. The highest BCUT2D eigenvalue weighted by atomic mass is 16.4. The Morgan fingerprint density at radius 1 is 1.35 bits per heavy atom. The van der Waals surface area contributed by atoms with E-state index < -0.39 is 5.97 Å². The number of fused-ring (bicyclic) bond motifs is 1. The molecule has 0 fully saturated rings. The minimum Gasteiger partial charge on any atom is -0.481 e. The lowest BCUT2D eigenvalue weighted by Gasteiger charge is -2.15. The van der Waals surface area contributed by atoms with Gasteiger partial charge in [0.2, 0.25) is 0 Å². The van der Waals surface area contributed by atoms with E-state index in [1.807, 2.05) is 31.2 Å². The number of aromatic amines is 1. The molecule has 20 heavy (non-hydrogen) atoms. The van der Waals surface area contributed by atoms with Crippen molar-refractivity contribution in [2.45, 2.75) is 32.2 Å². The first-order valence-electron chi connectivity index (χ1n) is 6.70. The molecular weight excluding hydrogens is 256 g/mol. The molecule has 1 aromatic heterocycles. The molecule has 1 aromatic carbocycles. The number of carboxylic acid groups (broad SMARTS) is 1. The summed E-state index contributed by atoms with van der Waals surface area (Å²) in [5.74, 6) is -1.13. The number of para-hydroxylation sites is 1. The molecule has 0 aliphatic rings. The van der Waals surface area contributed by atoms with Gasteiger partial charge in [0.1, 0.15) is 0 Å². The van der Waals surface area contributed by atoms with Crippen molar-refractivity contribution in [1.29, 1.82) is 0 Å². The van der Waals surface area contributed by atoms with Crippen molar-refractivity contribution in [3.05, 3.63) is 36.0 Å². The van der Waals surface area contributed by atoms with E-state index >= 15 is 0 Å². The van der Waals surface area contributed by atoms with Gasteiger partial charge in [0, 0.05) is 23.1 Å². The van der Waals surface area contributed by atoms with E-state index in [1.54, 1.807) is 6.20 Å². The molecule has 0 aliphatic heterocycles. The van der Waals surface area contributed by atoms with Crippen molar-refractivity contribution in [3.8, 4) is 0 Å². The minimum absolute atomic E-state index is 0.0536. The number of hydrogen-bond acceptors (Lipinski definition) is 2. The molecule has 0 spiro atoms. The summed E-state index contributed by atoms with van der Waals surface area (Å²) in [4.78, 5) is 26.1. The summed E-state index contributed by atoms with van der Waals surface area (Å²) in [7, 11) is 0. The molecular formula is C15H18N2O3. The van der Waals surface area contributed by atoms with Crippen LogP contribution in [0.25, 0.3) is 10.9 Å². The van der Waals surface area contributed by atoms with Crippen molar-refractivity contribution in [2.75, 3.05) is 0 Å². The molecule has 1 amide bonds. The molecule has 0 radical (unpaired) electrons. The third-order valence-electron chi connectivity index (χ3n) is 3.23. The van der Waals surface area contributed by atoms with E-state index in [1.165, 1.54) is 0 Å². The van der Waals surface area contributed by atoms with Gasteiger partial charge in [-0.05, 0) is 12.5 Å². The Balaban J connectivity index is 2.15. The maximum Gasteiger partial charge on any atom is 0.305 e. The van der Waals surface area contributed by atoms with Crippen LogP contribution in [-0.2, 0) is 4.79 Å². The third kappa shape index (κ3) is 3.17. The number of carbonyl (C=O) groups is 2. The van der Waals surface area contributed by atoms with Crippen LogP contribution >= 0.6 is 0 Å². The van der Waals surface area contributed by atoms with Gasteiger partial charge in [0.05, 0.1) is 12.0 Å². The third-order valence-corrected chi connectivity index (χ3v) is 3.23. The Kier molecular flexibility index (Phi) is 4.40. The maximum absolute atomic E-state index is 12.3. The Hall–Kier alpha value is -2.30. The fraction of sp³-hybridized carbons (Fsp3) is 0.333. The lowest BCUT2D eigenvalue weighted by Crippen LogP contribution is -2.36. The van der Waals surface area contributed by atoms with Crippen LogP contribution in [0.15, 0.2) is 30.5 Å². The fourth-order valence-electron chi connectivity index (χ4n) is 2.31. The van der Waals surface area contributed by atoms with Gasteiger partial charge in [-0.15, -0.1) is 0 Å². The normalized spacial score (nSPS) is 12.2. The SMILES string of the molecule is CCCC(CC(=O)O)NC(=O)c1c[nH]c2ccccc12. The molecule has 1 heterocycles. The van der Waals surface area contributed by atoms with Crippen LogP contribution in [0.1, 0.15) is 36.5 Å². The van der Waals surface area contributed by atoms with Gasteiger partial charge in [0.15, 0.2) is 0 Å². The first-order chi connectivity index (χ1) is 9.61. The molecule has 0 bridgehead atoms. The lowest BCUT2D eigenvalue weighted by molar-refractivity contribution is -0.137. The summed E-state index contributed by atoms with van der Waals surface area (Å²) >= 11 is 0. The predicted molar refractivity (Wildman–Crippen MR) is 76.7 cm³/mol. The zero-order valence-corrected chi connectivity index (χ0v) is 11.3. The van der Waals surface area contributed by atoms with Crippen molar-refractivity contribution in [3.63, 3.8) is 0 Å². The smallest absolute Gasteiger partial charge is 0.305 e. The average Bonchev–Trinajstić information content (AvgIpc) is 2.82. The van der Waals surface area contributed by atoms with Crippen LogP contribution in [-0.4, -0.2) is 28.0 Å². The second-order valence-corrected chi connectivity index (χ2v) is 4.80. The van der Waals surface area contributed by atoms with Crippen molar-refractivity contribution in [2.24, 2.45) is 0 Å². The van der Waals surface area contributed by atoms with Crippen LogP contribution in [0.4, 0.5) is 0 Å². The Labute approximate surface area is 117 Å². The van der Waals surface area contributed by atoms with Gasteiger partial charge in [-0.25, -0.2) is 0 Å². The summed E-state index contributed by atoms with van der Waals surface area (Å²) in [6, 6.07) is 7.19. The molecule has 5 heteroatoms. The number of rotatable bonds is 6. The number of hydrogen-bond donors (Lipinski definition) is 3. The average molecular weight is 274 g/mol. The maximum atomic E-state index is 12.3. The zero-order valence-electron chi connectivity index (χ0n) is 11.3. The molecule has 2 rings (SSSR count). The highest BCUT2D eigenvalue weighted by molar-refractivity contribution is 6.06. The number of carbonyl (C=O) groups excluding carboxylic acids is 1. The van der Waals surface area contributed by atoms with Gasteiger partial charge < -0.3 is 15.4 Å². The molecule has 0 saturated heterocycles. The van der Waals surface area contributed by atoms with E-state index in [9.17, 15) is 9.59 Å². The molecule has 0 aliphatic carbocycles. The van der Waals surface area contributed by atoms with Gasteiger partial charge >= 0.3 is 5.97 Å². The number of benzene rings is 1. The minimum atomic E-state index is -0.900. The number of amides is 1. The number of carboxylic acids is 1. The van der Waals surface area contributed by atoms with E-state index in [0.717, 1.165) is 17.3 Å². The summed E-state index contributed by atoms with van der Waals surface area (Å²) in [5.41, 5.74) is 1.44. The Morgan fingerprint density at radius 2 is 2.10 bits per heavy atom. The number of aliphatic carboxylic acids is 1. The molecule has 3 N–H and O–H groups in total. The fourth-order valence-corrected chi connectivity index (χ4v) is 2.31. The van der Waals surface area contributed by atoms with Gasteiger partial charge in [0.25, 0.3) is 5.91 Å². The number of H-pyrrole nitrogens is 1. The van der Waals surface area contributed by atoms with Crippen molar-refractivity contribution >= 4 is 22.8 Å². The monoisotopic (exact) mass is 274 g/mol. The van der Waals surface area contributed by atoms with E-state index in [4.69, 9.17) is 5.11 Å². The largest absolute Gasteiger partial charge is 0.481 e. The van der Waals surface area contributed by atoms with Crippen molar-refractivity contribution < 1.29 is 14.7 Å². The van der Waals surface area contributed by atoms with Gasteiger partial charge in [-0.1, -0.05) is 31.5 Å². The molecule has 1 atom stereocenters. The quantitative estimate of drug-likeness (QED) is 0.757. The van der Waals surface area contributed by atoms with Crippen LogP contribution in [0, 0.1) is 0 Å². The Bertz CT molecular complexity index is 618. The van der Waals surface area contributed by atoms with Crippen molar-refractivity contribution in [1.82, 2.24) is 10.3 Å². The highest BCUT2D eigenvalue weighted by Crippen LogP contribution is 2.18.